The molecule has 0 bridgehead atoms. The van der Waals surface area contributed by atoms with Crippen molar-refractivity contribution in [3.63, 3.8) is 0 Å². The van der Waals surface area contributed by atoms with Gasteiger partial charge in [-0.05, 0) is 19.8 Å². The molecule has 14 heavy (non-hydrogen) atoms. The van der Waals surface area contributed by atoms with Crippen LogP contribution in [0.4, 0.5) is 0 Å². The zero-order valence-corrected chi connectivity index (χ0v) is 10.7. The second-order valence-corrected chi connectivity index (χ2v) is 5.59. The third kappa shape index (κ3) is 2.18. The second-order valence-electron chi connectivity index (χ2n) is 3.97. The summed E-state index contributed by atoms with van der Waals surface area (Å²) in [6.45, 7) is 3.82. The number of hydrogen-bond acceptors (Lipinski definition) is 3. The van der Waals surface area contributed by atoms with Gasteiger partial charge in [0, 0.05) is 22.7 Å². The van der Waals surface area contributed by atoms with E-state index in [1.807, 2.05) is 0 Å². The predicted octanol–water partition coefficient (Wildman–Crippen LogP) is 2.80. The van der Waals surface area contributed by atoms with Gasteiger partial charge in [-0.15, -0.1) is 11.3 Å². The second kappa shape index (κ2) is 4.29. The van der Waals surface area contributed by atoms with Crippen molar-refractivity contribution in [2.45, 2.75) is 19.8 Å². The van der Waals surface area contributed by atoms with Crippen molar-refractivity contribution in [3.05, 3.63) is 16.1 Å². The number of aromatic nitrogens is 1. The Labute approximate surface area is 96.8 Å². The van der Waals surface area contributed by atoms with Crippen molar-refractivity contribution in [3.8, 4) is 0 Å². The highest BCUT2D eigenvalue weighted by molar-refractivity contribution is 9.09. The largest absolute Gasteiger partial charge is 0.381 e. The first-order valence-electron chi connectivity index (χ1n) is 4.79. The third-order valence-corrected chi connectivity index (χ3v) is 4.70. The summed E-state index contributed by atoms with van der Waals surface area (Å²) in [5.41, 5.74) is 1.51. The third-order valence-electron chi connectivity index (χ3n) is 2.69. The summed E-state index contributed by atoms with van der Waals surface area (Å²) in [5, 5.41) is 4.33. The van der Waals surface area contributed by atoms with Crippen LogP contribution in [-0.4, -0.2) is 23.5 Å². The van der Waals surface area contributed by atoms with Crippen LogP contribution in [0.2, 0.25) is 0 Å². The van der Waals surface area contributed by atoms with E-state index in [-0.39, 0.29) is 0 Å². The van der Waals surface area contributed by atoms with E-state index < -0.39 is 0 Å². The SMILES string of the molecule is Cc1nc(CC2(CBr)CCOC2)cs1. The Kier molecular flexibility index (Phi) is 3.24. The molecule has 0 aromatic carbocycles. The molecule has 0 aliphatic carbocycles. The Balaban J connectivity index is 2.08. The Morgan fingerprint density at radius 1 is 1.71 bits per heavy atom. The minimum atomic E-state index is 0.292. The summed E-state index contributed by atoms with van der Waals surface area (Å²) in [7, 11) is 0. The van der Waals surface area contributed by atoms with Crippen LogP contribution >= 0.6 is 27.3 Å². The maximum absolute atomic E-state index is 5.48. The Morgan fingerprint density at radius 3 is 3.07 bits per heavy atom. The highest BCUT2D eigenvalue weighted by atomic mass is 79.9. The van der Waals surface area contributed by atoms with Gasteiger partial charge in [0.15, 0.2) is 0 Å². The van der Waals surface area contributed by atoms with Gasteiger partial charge in [-0.3, -0.25) is 0 Å². The van der Waals surface area contributed by atoms with E-state index in [1.54, 1.807) is 11.3 Å². The van der Waals surface area contributed by atoms with E-state index >= 15 is 0 Å². The molecule has 1 aromatic heterocycles. The van der Waals surface area contributed by atoms with Crippen molar-refractivity contribution in [1.29, 1.82) is 0 Å². The molecular formula is C10H14BrNOS. The quantitative estimate of drug-likeness (QED) is 0.792. The number of halogens is 1. The van der Waals surface area contributed by atoms with Crippen molar-refractivity contribution in [2.75, 3.05) is 18.5 Å². The molecule has 2 rings (SSSR count). The van der Waals surface area contributed by atoms with E-state index in [1.165, 1.54) is 5.69 Å². The number of rotatable bonds is 3. The van der Waals surface area contributed by atoms with Crippen molar-refractivity contribution in [2.24, 2.45) is 5.41 Å². The van der Waals surface area contributed by atoms with E-state index in [2.05, 4.69) is 33.2 Å². The van der Waals surface area contributed by atoms with Crippen molar-refractivity contribution < 1.29 is 4.74 Å². The number of nitrogens with zero attached hydrogens (tertiary/aromatic N) is 1. The lowest BCUT2D eigenvalue weighted by Gasteiger charge is -2.23. The standard InChI is InChI=1S/C10H14BrNOS/c1-8-12-9(5-14-8)4-10(6-11)2-3-13-7-10/h5H,2-4,6-7H2,1H3. The molecule has 0 radical (unpaired) electrons. The van der Waals surface area contributed by atoms with E-state index in [4.69, 9.17) is 4.74 Å². The molecular weight excluding hydrogens is 262 g/mol. The fourth-order valence-corrected chi connectivity index (χ4v) is 3.07. The van der Waals surface area contributed by atoms with Crippen LogP contribution in [0.1, 0.15) is 17.1 Å². The predicted molar refractivity (Wildman–Crippen MR) is 62.2 cm³/mol. The molecule has 1 atom stereocenters. The summed E-state index contributed by atoms with van der Waals surface area (Å²) >= 11 is 5.32. The van der Waals surface area contributed by atoms with Crippen LogP contribution in [0.15, 0.2) is 5.38 Å². The van der Waals surface area contributed by atoms with Crippen LogP contribution in [0.3, 0.4) is 0 Å². The van der Waals surface area contributed by atoms with Crippen LogP contribution in [0.5, 0.6) is 0 Å². The lowest BCUT2D eigenvalue weighted by atomic mass is 9.85. The molecule has 78 valence electrons. The Bertz CT molecular complexity index is 307. The molecule has 2 nitrogen and oxygen atoms in total. The molecule has 0 amide bonds. The first-order valence-corrected chi connectivity index (χ1v) is 6.79. The molecule has 0 spiro atoms. The van der Waals surface area contributed by atoms with Crippen molar-refractivity contribution in [1.82, 2.24) is 4.98 Å². The molecule has 1 unspecified atom stereocenters. The zero-order chi connectivity index (χ0) is 10.0. The number of ether oxygens (including phenoxy) is 1. The van der Waals surface area contributed by atoms with E-state index in [0.717, 1.165) is 36.4 Å². The summed E-state index contributed by atoms with van der Waals surface area (Å²) < 4.78 is 5.48. The highest BCUT2D eigenvalue weighted by Crippen LogP contribution is 2.34. The molecule has 1 saturated heterocycles. The fourth-order valence-electron chi connectivity index (χ4n) is 1.82. The number of hydrogen-bond donors (Lipinski definition) is 0. The molecule has 1 fully saturated rings. The maximum atomic E-state index is 5.48. The summed E-state index contributed by atoms with van der Waals surface area (Å²) in [6.07, 6.45) is 2.19. The van der Waals surface area contributed by atoms with Crippen LogP contribution in [0.25, 0.3) is 0 Å². The van der Waals surface area contributed by atoms with Gasteiger partial charge in [0.1, 0.15) is 0 Å². The molecule has 0 saturated carbocycles. The van der Waals surface area contributed by atoms with E-state index in [0.29, 0.717) is 5.41 Å². The van der Waals surface area contributed by atoms with Gasteiger partial charge in [-0.1, -0.05) is 15.9 Å². The van der Waals surface area contributed by atoms with Gasteiger partial charge in [0.2, 0.25) is 0 Å². The fraction of sp³-hybridized carbons (Fsp3) is 0.700. The first-order chi connectivity index (χ1) is 6.74. The maximum Gasteiger partial charge on any atom is 0.0897 e. The molecule has 1 aromatic rings. The monoisotopic (exact) mass is 275 g/mol. The van der Waals surface area contributed by atoms with Crippen LogP contribution in [-0.2, 0) is 11.2 Å². The molecule has 2 heterocycles. The van der Waals surface area contributed by atoms with Gasteiger partial charge in [-0.25, -0.2) is 4.98 Å². The number of aryl methyl sites for hydroxylation is 1. The average molecular weight is 276 g/mol. The lowest BCUT2D eigenvalue weighted by molar-refractivity contribution is 0.161. The summed E-state index contributed by atoms with van der Waals surface area (Å²) in [4.78, 5) is 4.51. The van der Waals surface area contributed by atoms with Gasteiger partial charge in [-0.2, -0.15) is 0 Å². The minimum Gasteiger partial charge on any atom is -0.381 e. The molecule has 4 heteroatoms. The van der Waals surface area contributed by atoms with Crippen molar-refractivity contribution >= 4 is 27.3 Å². The number of alkyl halides is 1. The van der Waals surface area contributed by atoms with Gasteiger partial charge < -0.3 is 4.74 Å². The Hall–Kier alpha value is 0.0700. The minimum absolute atomic E-state index is 0.292. The smallest absolute Gasteiger partial charge is 0.0897 e. The Morgan fingerprint density at radius 2 is 2.57 bits per heavy atom. The zero-order valence-electron chi connectivity index (χ0n) is 8.25. The first kappa shape index (κ1) is 10.6. The highest BCUT2D eigenvalue weighted by Gasteiger charge is 2.34. The lowest BCUT2D eigenvalue weighted by Crippen LogP contribution is -2.26. The van der Waals surface area contributed by atoms with Gasteiger partial charge in [0.25, 0.3) is 0 Å². The summed E-state index contributed by atoms with van der Waals surface area (Å²) in [5.74, 6) is 0. The number of thiazole rings is 1. The van der Waals surface area contributed by atoms with E-state index in [9.17, 15) is 0 Å². The normalized spacial score (nSPS) is 27.0. The summed E-state index contributed by atoms with van der Waals surface area (Å²) in [6, 6.07) is 0. The topological polar surface area (TPSA) is 22.1 Å². The molecule has 1 aliphatic rings. The van der Waals surface area contributed by atoms with Gasteiger partial charge >= 0.3 is 0 Å². The molecule has 0 N–H and O–H groups in total. The van der Waals surface area contributed by atoms with Gasteiger partial charge in [0.05, 0.1) is 17.3 Å². The van der Waals surface area contributed by atoms with Crippen LogP contribution in [0, 0.1) is 12.3 Å². The molecule has 1 aliphatic heterocycles. The average Bonchev–Trinajstić information content (AvgIpc) is 2.77. The van der Waals surface area contributed by atoms with Crippen LogP contribution < -0.4 is 0 Å².